The highest BCUT2D eigenvalue weighted by atomic mass is 32.1. The molecule has 0 saturated heterocycles. The van der Waals surface area contributed by atoms with Gasteiger partial charge in [0.25, 0.3) is 5.69 Å². The molecule has 0 unspecified atom stereocenters. The van der Waals surface area contributed by atoms with Gasteiger partial charge in [-0.15, -0.1) is 11.3 Å². The second-order valence-corrected chi connectivity index (χ2v) is 5.63. The van der Waals surface area contributed by atoms with Crippen molar-refractivity contribution in [3.63, 3.8) is 0 Å². The number of ether oxygens (including phenoxy) is 3. The minimum Gasteiger partial charge on any atom is -0.493 e. The number of esters is 1. The summed E-state index contributed by atoms with van der Waals surface area (Å²) < 4.78 is 15.3. The van der Waals surface area contributed by atoms with Gasteiger partial charge in [0.15, 0.2) is 18.1 Å². The average Bonchev–Trinajstić information content (AvgIpc) is 3.13. The Balaban J connectivity index is 2.25. The first-order valence-electron chi connectivity index (χ1n) is 7.21. The summed E-state index contributed by atoms with van der Waals surface area (Å²) in [7, 11) is 1.35. The maximum absolute atomic E-state index is 12.2. The van der Waals surface area contributed by atoms with Gasteiger partial charge in [-0.2, -0.15) is 0 Å². The monoisotopic (exact) mass is 365 g/mol. The number of nitro groups is 1. The number of methoxy groups -OCH3 is 1. The summed E-state index contributed by atoms with van der Waals surface area (Å²) in [4.78, 5) is 35.0. The van der Waals surface area contributed by atoms with Gasteiger partial charge in [0.1, 0.15) is 5.56 Å². The van der Waals surface area contributed by atoms with Crippen LogP contribution in [0, 0.1) is 10.1 Å². The summed E-state index contributed by atoms with van der Waals surface area (Å²) in [5.74, 6) is -1.08. The molecule has 1 aromatic carbocycles. The van der Waals surface area contributed by atoms with Crippen molar-refractivity contribution in [1.29, 1.82) is 0 Å². The van der Waals surface area contributed by atoms with Crippen molar-refractivity contribution < 1.29 is 28.7 Å². The Bertz CT molecular complexity index is 786. The van der Waals surface area contributed by atoms with Crippen LogP contribution in [-0.2, 0) is 4.74 Å². The van der Waals surface area contributed by atoms with E-state index in [2.05, 4.69) is 0 Å². The molecular weight excluding hydrogens is 350 g/mol. The van der Waals surface area contributed by atoms with Crippen molar-refractivity contribution in [3.8, 4) is 11.5 Å². The van der Waals surface area contributed by atoms with E-state index >= 15 is 0 Å². The van der Waals surface area contributed by atoms with E-state index < -0.39 is 23.2 Å². The van der Waals surface area contributed by atoms with E-state index in [4.69, 9.17) is 14.2 Å². The molecule has 1 aromatic heterocycles. The first-order valence-corrected chi connectivity index (χ1v) is 8.09. The third kappa shape index (κ3) is 4.32. The van der Waals surface area contributed by atoms with Crippen LogP contribution in [0.15, 0.2) is 29.6 Å². The molecule has 2 rings (SSSR count). The number of rotatable bonds is 8. The van der Waals surface area contributed by atoms with Crippen LogP contribution in [0.2, 0.25) is 0 Å². The zero-order valence-corrected chi connectivity index (χ0v) is 14.3. The number of nitro benzene ring substituents is 1. The number of ketones is 1. The first-order chi connectivity index (χ1) is 12.0. The Kier molecular flexibility index (Phi) is 6.07. The van der Waals surface area contributed by atoms with Crippen molar-refractivity contribution in [2.45, 2.75) is 6.92 Å². The van der Waals surface area contributed by atoms with Crippen LogP contribution < -0.4 is 9.47 Å². The average molecular weight is 365 g/mol. The molecule has 0 aliphatic rings. The van der Waals surface area contributed by atoms with E-state index in [1.807, 2.05) is 0 Å². The number of carbonyl (C=O) groups excluding carboxylic acids is 2. The maximum atomic E-state index is 12.2. The highest BCUT2D eigenvalue weighted by molar-refractivity contribution is 7.12. The summed E-state index contributed by atoms with van der Waals surface area (Å²) in [5.41, 5.74) is -0.804. The second kappa shape index (κ2) is 8.25. The van der Waals surface area contributed by atoms with Gasteiger partial charge in [-0.05, 0) is 18.4 Å². The number of carbonyl (C=O) groups is 2. The molecule has 2 aromatic rings. The Labute approximate surface area is 147 Å². The fourth-order valence-electron chi connectivity index (χ4n) is 2.01. The van der Waals surface area contributed by atoms with Gasteiger partial charge >= 0.3 is 5.97 Å². The van der Waals surface area contributed by atoms with E-state index in [0.717, 1.165) is 6.07 Å². The van der Waals surface area contributed by atoms with Gasteiger partial charge in [0.05, 0.1) is 29.6 Å². The van der Waals surface area contributed by atoms with Crippen LogP contribution in [0.5, 0.6) is 11.5 Å². The van der Waals surface area contributed by atoms with Crippen LogP contribution in [0.4, 0.5) is 5.69 Å². The largest absolute Gasteiger partial charge is 0.493 e. The van der Waals surface area contributed by atoms with Crippen LogP contribution in [-0.4, -0.2) is 37.0 Å². The summed E-state index contributed by atoms with van der Waals surface area (Å²) in [5, 5.41) is 13.0. The molecule has 0 spiro atoms. The molecule has 25 heavy (non-hydrogen) atoms. The minimum atomic E-state index is -0.988. The number of nitrogens with zero attached hydrogens (tertiary/aromatic N) is 1. The van der Waals surface area contributed by atoms with Crippen molar-refractivity contribution >= 4 is 28.8 Å². The Morgan fingerprint density at radius 1 is 1.28 bits per heavy atom. The lowest BCUT2D eigenvalue weighted by atomic mass is 10.1. The molecule has 132 valence electrons. The minimum absolute atomic E-state index is 0.142. The van der Waals surface area contributed by atoms with E-state index in [-0.39, 0.29) is 29.5 Å². The smallest absolute Gasteiger partial charge is 0.345 e. The summed E-state index contributed by atoms with van der Waals surface area (Å²) >= 11 is 1.21. The number of Topliss-reactive ketones (excluding diaryl/α,β-unsaturated/α-hetero) is 1. The highest BCUT2D eigenvalue weighted by Gasteiger charge is 2.26. The summed E-state index contributed by atoms with van der Waals surface area (Å²) in [6.07, 6.45) is 0. The Morgan fingerprint density at radius 3 is 2.60 bits per heavy atom. The van der Waals surface area contributed by atoms with Crippen LogP contribution in [0.1, 0.15) is 27.0 Å². The topological polar surface area (TPSA) is 105 Å². The van der Waals surface area contributed by atoms with E-state index in [1.54, 1.807) is 24.4 Å². The fourth-order valence-corrected chi connectivity index (χ4v) is 2.66. The van der Waals surface area contributed by atoms with Crippen molar-refractivity contribution in [3.05, 3.63) is 50.2 Å². The molecule has 9 heteroatoms. The van der Waals surface area contributed by atoms with E-state index in [1.165, 1.54) is 24.5 Å². The van der Waals surface area contributed by atoms with Crippen molar-refractivity contribution in [1.82, 2.24) is 0 Å². The normalized spacial score (nSPS) is 10.2. The van der Waals surface area contributed by atoms with Crippen LogP contribution in [0.3, 0.4) is 0 Å². The highest BCUT2D eigenvalue weighted by Crippen LogP contribution is 2.35. The van der Waals surface area contributed by atoms with Gasteiger partial charge in [-0.3, -0.25) is 14.9 Å². The quantitative estimate of drug-likeness (QED) is 0.306. The molecule has 0 aliphatic heterocycles. The van der Waals surface area contributed by atoms with Gasteiger partial charge in [0.2, 0.25) is 5.78 Å². The number of hydrogen-bond acceptors (Lipinski definition) is 8. The molecule has 0 aliphatic carbocycles. The molecule has 0 N–H and O–H groups in total. The third-order valence-electron chi connectivity index (χ3n) is 3.13. The van der Waals surface area contributed by atoms with Gasteiger partial charge in [0, 0.05) is 6.07 Å². The van der Waals surface area contributed by atoms with Gasteiger partial charge in [-0.25, -0.2) is 4.79 Å². The lowest BCUT2D eigenvalue weighted by molar-refractivity contribution is -0.385. The van der Waals surface area contributed by atoms with Crippen LogP contribution in [0.25, 0.3) is 0 Å². The van der Waals surface area contributed by atoms with Gasteiger partial charge < -0.3 is 14.2 Å². The van der Waals surface area contributed by atoms with E-state index in [0.29, 0.717) is 4.88 Å². The number of thiophene rings is 1. The molecule has 0 radical (unpaired) electrons. The predicted octanol–water partition coefficient (Wildman–Crippen LogP) is 3.10. The van der Waals surface area contributed by atoms with Crippen LogP contribution >= 0.6 is 11.3 Å². The molecule has 0 atom stereocenters. The SMILES string of the molecule is CCOc1cc([N+](=O)[O-])c(C(=O)OCC(=O)c2cccs2)cc1OC. The molecule has 0 bridgehead atoms. The molecule has 8 nitrogen and oxygen atoms in total. The predicted molar refractivity (Wildman–Crippen MR) is 89.7 cm³/mol. The second-order valence-electron chi connectivity index (χ2n) is 4.69. The standard InChI is InChI=1S/C16H15NO7S/c1-3-23-14-8-11(17(20)21)10(7-13(14)22-2)16(19)24-9-12(18)15-5-4-6-25-15/h4-8H,3,9H2,1-2H3. The van der Waals surface area contributed by atoms with Crippen molar-refractivity contribution in [2.24, 2.45) is 0 Å². The fraction of sp³-hybridized carbons (Fsp3) is 0.250. The number of benzene rings is 1. The third-order valence-corrected chi connectivity index (χ3v) is 4.04. The summed E-state index contributed by atoms with van der Waals surface area (Å²) in [6, 6.07) is 5.56. The first kappa shape index (κ1) is 18.4. The maximum Gasteiger partial charge on any atom is 0.345 e. The zero-order chi connectivity index (χ0) is 18.4. The molecule has 1 heterocycles. The van der Waals surface area contributed by atoms with Crippen molar-refractivity contribution in [2.75, 3.05) is 20.3 Å². The summed E-state index contributed by atoms with van der Waals surface area (Å²) in [6.45, 7) is 1.47. The molecule has 0 saturated carbocycles. The lowest BCUT2D eigenvalue weighted by Crippen LogP contribution is -2.15. The Hall–Kier alpha value is -2.94. The Morgan fingerprint density at radius 2 is 2.04 bits per heavy atom. The lowest BCUT2D eigenvalue weighted by Gasteiger charge is -2.11. The number of hydrogen-bond donors (Lipinski definition) is 0. The zero-order valence-electron chi connectivity index (χ0n) is 13.5. The van der Waals surface area contributed by atoms with E-state index in [9.17, 15) is 19.7 Å². The molecule has 0 fully saturated rings. The molecular formula is C16H15NO7S. The van der Waals surface area contributed by atoms with Gasteiger partial charge in [-0.1, -0.05) is 6.07 Å². The molecule has 0 amide bonds.